The molecule has 0 fully saturated rings. The fourth-order valence-electron chi connectivity index (χ4n) is 3.07. The molecule has 156 valence electrons. The number of nitrogens with one attached hydrogen (secondary N) is 2. The lowest BCUT2D eigenvalue weighted by Crippen LogP contribution is -2.25. The Bertz CT molecular complexity index is 1300. The molecule has 0 spiro atoms. The van der Waals surface area contributed by atoms with Crippen LogP contribution in [-0.4, -0.2) is 26.8 Å². The van der Waals surface area contributed by atoms with Crippen molar-refractivity contribution in [2.24, 2.45) is 5.73 Å². The summed E-state index contributed by atoms with van der Waals surface area (Å²) in [7, 11) is 0. The molecule has 0 radical (unpaired) electrons. The lowest BCUT2D eigenvalue weighted by Gasteiger charge is -2.09. The lowest BCUT2D eigenvalue weighted by atomic mass is 10.1. The van der Waals surface area contributed by atoms with Gasteiger partial charge in [0.2, 0.25) is 5.91 Å². The number of amides is 2. The van der Waals surface area contributed by atoms with E-state index >= 15 is 0 Å². The smallest absolute Gasteiger partial charge is 0.274 e. The normalized spacial score (nSPS) is 10.8. The third-order valence-corrected chi connectivity index (χ3v) is 5.57. The second-order valence-electron chi connectivity index (χ2n) is 6.71. The molecule has 0 atom stereocenters. The Hall–Kier alpha value is -4.05. The highest BCUT2D eigenvalue weighted by molar-refractivity contribution is 7.99. The van der Waals surface area contributed by atoms with E-state index in [0.29, 0.717) is 21.2 Å². The summed E-state index contributed by atoms with van der Waals surface area (Å²) in [5, 5.41) is 4.14. The number of hydrogen-bond acceptors (Lipinski definition) is 7. The molecule has 2 heterocycles. The summed E-state index contributed by atoms with van der Waals surface area (Å²) < 4.78 is 0. The summed E-state index contributed by atoms with van der Waals surface area (Å²) in [5.41, 5.74) is 20.0. The maximum atomic E-state index is 12.7. The summed E-state index contributed by atoms with van der Waals surface area (Å²) in [6.07, 6.45) is 3.25. The van der Waals surface area contributed by atoms with E-state index in [1.54, 1.807) is 30.3 Å². The van der Waals surface area contributed by atoms with Gasteiger partial charge in [-0.1, -0.05) is 23.9 Å². The van der Waals surface area contributed by atoms with E-state index in [-0.39, 0.29) is 18.1 Å². The Morgan fingerprint density at radius 1 is 1.13 bits per heavy atom. The van der Waals surface area contributed by atoms with Gasteiger partial charge in [0.1, 0.15) is 5.03 Å². The van der Waals surface area contributed by atoms with E-state index in [1.165, 1.54) is 18.0 Å². The van der Waals surface area contributed by atoms with Gasteiger partial charge in [-0.25, -0.2) is 9.97 Å². The Labute approximate surface area is 181 Å². The average Bonchev–Trinajstić information content (AvgIpc) is 3.15. The van der Waals surface area contributed by atoms with Gasteiger partial charge in [0.25, 0.3) is 5.91 Å². The fraction of sp³-hybridized carbons (Fsp3) is 0.0476. The van der Waals surface area contributed by atoms with Crippen molar-refractivity contribution >= 4 is 46.0 Å². The largest absolute Gasteiger partial charge is 0.399 e. The molecule has 9 nitrogen and oxygen atoms in total. The fourth-order valence-corrected chi connectivity index (χ4v) is 3.96. The summed E-state index contributed by atoms with van der Waals surface area (Å²) >= 11 is 1.17. The number of nitrogen functional groups attached to an aromatic ring is 2. The van der Waals surface area contributed by atoms with Crippen molar-refractivity contribution in [3.05, 3.63) is 71.7 Å². The Morgan fingerprint density at radius 2 is 1.94 bits per heavy atom. The molecule has 0 saturated heterocycles. The number of anilines is 2. The van der Waals surface area contributed by atoms with Gasteiger partial charge >= 0.3 is 0 Å². The van der Waals surface area contributed by atoms with Crippen LogP contribution in [0.15, 0.2) is 64.8 Å². The molecule has 0 aliphatic carbocycles. The third-order valence-electron chi connectivity index (χ3n) is 4.59. The first-order valence-corrected chi connectivity index (χ1v) is 10.1. The number of hydrogen-bond donors (Lipinski definition) is 5. The van der Waals surface area contributed by atoms with E-state index in [9.17, 15) is 9.59 Å². The van der Waals surface area contributed by atoms with Crippen LogP contribution in [0.25, 0.3) is 10.9 Å². The minimum absolute atomic E-state index is 0.000844. The zero-order valence-corrected chi connectivity index (χ0v) is 17.1. The molecule has 4 aromatic rings. The lowest BCUT2D eigenvalue weighted by molar-refractivity contribution is 0.0944. The van der Waals surface area contributed by atoms with Crippen molar-refractivity contribution in [1.82, 2.24) is 20.3 Å². The van der Waals surface area contributed by atoms with Crippen LogP contribution in [0.4, 0.5) is 11.5 Å². The van der Waals surface area contributed by atoms with Gasteiger partial charge in [-0.3, -0.25) is 9.59 Å². The number of benzene rings is 2. The van der Waals surface area contributed by atoms with Crippen molar-refractivity contribution < 1.29 is 9.59 Å². The molecule has 8 N–H and O–H groups in total. The number of aromatic nitrogens is 3. The van der Waals surface area contributed by atoms with Crippen LogP contribution in [0.2, 0.25) is 0 Å². The van der Waals surface area contributed by atoms with Gasteiger partial charge in [0.15, 0.2) is 11.5 Å². The molecule has 0 aliphatic heterocycles. The molecule has 31 heavy (non-hydrogen) atoms. The molecule has 0 saturated carbocycles. The first kappa shape index (κ1) is 20.2. The predicted molar refractivity (Wildman–Crippen MR) is 119 cm³/mol. The van der Waals surface area contributed by atoms with Crippen LogP contribution in [0.5, 0.6) is 0 Å². The zero-order chi connectivity index (χ0) is 22.0. The van der Waals surface area contributed by atoms with E-state index < -0.39 is 11.8 Å². The Balaban J connectivity index is 1.53. The second-order valence-corrected chi connectivity index (χ2v) is 7.77. The van der Waals surface area contributed by atoms with E-state index in [4.69, 9.17) is 17.2 Å². The first-order valence-electron chi connectivity index (χ1n) is 9.25. The van der Waals surface area contributed by atoms with Crippen molar-refractivity contribution in [2.75, 3.05) is 11.5 Å². The number of rotatable bonds is 6. The molecule has 10 heteroatoms. The minimum atomic E-state index is -0.552. The van der Waals surface area contributed by atoms with Crippen LogP contribution in [0.3, 0.4) is 0 Å². The number of nitrogens with two attached hydrogens (primary N) is 3. The van der Waals surface area contributed by atoms with Gasteiger partial charge in [0.05, 0.1) is 11.8 Å². The third kappa shape index (κ3) is 4.28. The van der Waals surface area contributed by atoms with Gasteiger partial charge in [-0.05, 0) is 35.9 Å². The van der Waals surface area contributed by atoms with Crippen LogP contribution in [0, 0.1) is 0 Å². The molecule has 0 unspecified atom stereocenters. The summed E-state index contributed by atoms with van der Waals surface area (Å²) in [5.74, 6) is -1.01. The molecule has 2 amide bonds. The van der Waals surface area contributed by atoms with E-state index in [1.807, 2.05) is 18.3 Å². The minimum Gasteiger partial charge on any atom is -0.399 e. The van der Waals surface area contributed by atoms with Crippen LogP contribution in [-0.2, 0) is 6.54 Å². The van der Waals surface area contributed by atoms with Crippen molar-refractivity contribution in [3.63, 3.8) is 0 Å². The molecule has 0 bridgehead atoms. The van der Waals surface area contributed by atoms with E-state index in [0.717, 1.165) is 16.5 Å². The molecule has 4 rings (SSSR count). The highest BCUT2D eigenvalue weighted by Crippen LogP contribution is 2.29. The standard InChI is InChI=1S/C21H19N7O2S/c22-12-5-6-15-14(7-12)11(8-25-15)9-27-21(30)18-19(23)26-10-17(28-18)31-16-4-2-1-3-13(16)20(24)29/h1-8,10,25H,9,22H2,(H2,23,26)(H2,24,29)(H,27,30). The quantitative estimate of drug-likeness (QED) is 0.291. The number of H-pyrrole nitrogens is 1. The molecule has 2 aromatic carbocycles. The zero-order valence-electron chi connectivity index (χ0n) is 16.3. The highest BCUT2D eigenvalue weighted by Gasteiger charge is 2.16. The van der Waals surface area contributed by atoms with Gasteiger partial charge < -0.3 is 27.5 Å². The summed E-state index contributed by atoms with van der Waals surface area (Å²) in [4.78, 5) is 36.5. The van der Waals surface area contributed by atoms with Crippen molar-refractivity contribution in [1.29, 1.82) is 0 Å². The predicted octanol–water partition coefficient (Wildman–Crippen LogP) is 2.30. The van der Waals surface area contributed by atoms with Crippen LogP contribution in [0.1, 0.15) is 26.4 Å². The monoisotopic (exact) mass is 433 g/mol. The molecular weight excluding hydrogens is 414 g/mol. The van der Waals surface area contributed by atoms with Crippen LogP contribution < -0.4 is 22.5 Å². The summed E-state index contributed by atoms with van der Waals surface area (Å²) in [6, 6.07) is 12.4. The number of fused-ring (bicyclic) bond motifs is 1. The highest BCUT2D eigenvalue weighted by atomic mass is 32.2. The van der Waals surface area contributed by atoms with Gasteiger partial charge in [-0.2, -0.15) is 0 Å². The van der Waals surface area contributed by atoms with Gasteiger partial charge in [-0.15, -0.1) is 0 Å². The second kappa shape index (κ2) is 8.36. The number of primary amides is 1. The maximum Gasteiger partial charge on any atom is 0.274 e. The number of carbonyl (C=O) groups is 2. The number of carbonyl (C=O) groups excluding carboxylic acids is 2. The van der Waals surface area contributed by atoms with E-state index in [2.05, 4.69) is 20.3 Å². The average molecular weight is 433 g/mol. The number of aromatic amines is 1. The maximum absolute atomic E-state index is 12.7. The molecular formula is C21H19N7O2S. The Kier molecular flexibility index (Phi) is 5.46. The first-order chi connectivity index (χ1) is 14.9. The molecule has 2 aromatic heterocycles. The Morgan fingerprint density at radius 3 is 2.74 bits per heavy atom. The van der Waals surface area contributed by atoms with Crippen molar-refractivity contribution in [3.8, 4) is 0 Å². The topological polar surface area (TPSA) is 166 Å². The molecule has 0 aliphatic rings. The number of nitrogens with zero attached hydrogens (tertiary/aromatic N) is 2. The van der Waals surface area contributed by atoms with Crippen LogP contribution >= 0.6 is 11.8 Å². The SMILES string of the molecule is NC(=O)c1ccccc1Sc1cnc(N)c(C(=O)NCc2c[nH]c3ccc(N)cc23)n1. The van der Waals surface area contributed by atoms with Gasteiger partial charge in [0, 0.05) is 34.2 Å². The summed E-state index contributed by atoms with van der Waals surface area (Å²) in [6.45, 7) is 0.255. The van der Waals surface area contributed by atoms with Crippen molar-refractivity contribution in [2.45, 2.75) is 16.5 Å².